The van der Waals surface area contributed by atoms with Gasteiger partial charge in [0.15, 0.2) is 10.6 Å². The Bertz CT molecular complexity index is 185. The first kappa shape index (κ1) is 13.3. The number of amides is 1. The smallest absolute Gasteiger partial charge is 0.221 e. The summed E-state index contributed by atoms with van der Waals surface area (Å²) in [4.78, 5) is 10.9. The summed E-state index contributed by atoms with van der Waals surface area (Å²) < 4.78 is -1.58. The molecular weight excluding hydrogens is 236 g/mol. The van der Waals surface area contributed by atoms with Crippen LogP contribution >= 0.6 is 34.8 Å². The fourth-order valence-electron chi connectivity index (χ4n) is 0.568. The number of aliphatic hydroxyl groups is 1. The van der Waals surface area contributed by atoms with Crippen LogP contribution in [0.5, 0.6) is 0 Å². The molecule has 0 heterocycles. The van der Waals surface area contributed by atoms with Crippen LogP contribution in [0.4, 0.5) is 0 Å². The molecule has 1 amide bonds. The van der Waals surface area contributed by atoms with E-state index >= 15 is 0 Å². The molecule has 0 saturated heterocycles. The van der Waals surface area contributed by atoms with Crippen molar-refractivity contribution < 1.29 is 9.90 Å². The third-order valence-electron chi connectivity index (χ3n) is 1.51. The molecule has 0 aliphatic heterocycles. The van der Waals surface area contributed by atoms with Gasteiger partial charge in [0, 0.05) is 6.42 Å². The maximum Gasteiger partial charge on any atom is 0.221 e. The van der Waals surface area contributed by atoms with Gasteiger partial charge in [-0.2, -0.15) is 0 Å². The molecule has 78 valence electrons. The summed E-state index contributed by atoms with van der Waals surface area (Å²) >= 11 is 17.0. The van der Waals surface area contributed by atoms with Crippen molar-refractivity contribution in [3.05, 3.63) is 0 Å². The standard InChI is InChI=1S/C7H12Cl3NO2/c1-3-5(12)11-6(13)7(9,10)4(2)8/h4,6,13H,3H2,1-2H3,(H,11,12)/t4-,6-/m0/s1. The average molecular weight is 249 g/mol. The number of alkyl halides is 3. The van der Waals surface area contributed by atoms with Gasteiger partial charge in [-0.15, -0.1) is 11.6 Å². The highest BCUT2D eigenvalue weighted by molar-refractivity contribution is 6.52. The Labute approximate surface area is 92.3 Å². The van der Waals surface area contributed by atoms with Crippen LogP contribution in [0.1, 0.15) is 20.3 Å². The van der Waals surface area contributed by atoms with E-state index in [1.165, 1.54) is 6.92 Å². The monoisotopic (exact) mass is 247 g/mol. The predicted molar refractivity (Wildman–Crippen MR) is 54.2 cm³/mol. The van der Waals surface area contributed by atoms with E-state index in [0.29, 0.717) is 0 Å². The zero-order valence-corrected chi connectivity index (χ0v) is 9.62. The van der Waals surface area contributed by atoms with E-state index in [4.69, 9.17) is 34.8 Å². The molecule has 0 spiro atoms. The van der Waals surface area contributed by atoms with E-state index in [-0.39, 0.29) is 12.3 Å². The van der Waals surface area contributed by atoms with Gasteiger partial charge in [-0.3, -0.25) is 4.79 Å². The Morgan fingerprint density at radius 1 is 1.62 bits per heavy atom. The van der Waals surface area contributed by atoms with Gasteiger partial charge in [0.25, 0.3) is 0 Å². The Hall–Kier alpha value is 0.300. The maximum absolute atomic E-state index is 10.9. The largest absolute Gasteiger partial charge is 0.370 e. The van der Waals surface area contributed by atoms with E-state index in [1.807, 2.05) is 0 Å². The van der Waals surface area contributed by atoms with Crippen LogP contribution in [0.15, 0.2) is 0 Å². The first-order chi connectivity index (χ1) is 5.82. The van der Waals surface area contributed by atoms with Crippen molar-refractivity contribution >= 4 is 40.7 Å². The summed E-state index contributed by atoms with van der Waals surface area (Å²) in [6.07, 6.45) is -1.12. The molecule has 0 fully saturated rings. The second-order valence-corrected chi connectivity index (χ2v) is 4.71. The van der Waals surface area contributed by atoms with Crippen molar-refractivity contribution in [2.24, 2.45) is 0 Å². The first-order valence-electron chi connectivity index (χ1n) is 3.81. The third kappa shape index (κ3) is 3.90. The molecule has 0 aliphatic carbocycles. The average Bonchev–Trinajstić information content (AvgIpc) is 2.03. The highest BCUT2D eigenvalue weighted by Gasteiger charge is 2.39. The molecule has 0 aliphatic rings. The van der Waals surface area contributed by atoms with Gasteiger partial charge >= 0.3 is 0 Å². The summed E-state index contributed by atoms with van der Waals surface area (Å²) in [7, 11) is 0. The molecule has 6 heteroatoms. The SMILES string of the molecule is CCC(=O)N[C@@H](O)C(Cl)(Cl)[C@H](C)Cl. The van der Waals surface area contributed by atoms with Crippen LogP contribution in [-0.2, 0) is 4.79 Å². The summed E-state index contributed by atoms with van der Waals surface area (Å²) in [5.41, 5.74) is 0. The number of carbonyl (C=O) groups is 1. The fraction of sp³-hybridized carbons (Fsp3) is 0.857. The van der Waals surface area contributed by atoms with Crippen LogP contribution in [0.3, 0.4) is 0 Å². The minimum absolute atomic E-state index is 0.248. The number of hydrogen-bond donors (Lipinski definition) is 2. The molecular formula is C7H12Cl3NO2. The summed E-state index contributed by atoms with van der Waals surface area (Å²) in [6, 6.07) is 0. The Kier molecular flexibility index (Phi) is 5.37. The number of carbonyl (C=O) groups excluding carboxylic acids is 1. The number of aliphatic hydroxyl groups excluding tert-OH is 1. The van der Waals surface area contributed by atoms with E-state index in [2.05, 4.69) is 5.32 Å². The van der Waals surface area contributed by atoms with Gasteiger partial charge in [0.1, 0.15) is 0 Å². The van der Waals surface area contributed by atoms with Crippen LogP contribution in [-0.4, -0.2) is 27.0 Å². The normalized spacial score (nSPS) is 16.5. The zero-order chi connectivity index (χ0) is 10.6. The molecule has 13 heavy (non-hydrogen) atoms. The third-order valence-corrected chi connectivity index (χ3v) is 3.15. The van der Waals surface area contributed by atoms with E-state index in [0.717, 1.165) is 0 Å². The lowest BCUT2D eigenvalue weighted by atomic mass is 10.2. The van der Waals surface area contributed by atoms with E-state index in [1.54, 1.807) is 6.92 Å². The molecule has 2 N–H and O–H groups in total. The lowest BCUT2D eigenvalue weighted by Crippen LogP contribution is -2.49. The molecule has 0 rings (SSSR count). The summed E-state index contributed by atoms with van der Waals surface area (Å²) in [6.45, 7) is 3.18. The van der Waals surface area contributed by atoms with Crippen molar-refractivity contribution in [3.8, 4) is 0 Å². The van der Waals surface area contributed by atoms with Crippen molar-refractivity contribution in [2.45, 2.75) is 36.2 Å². The molecule has 0 bridgehead atoms. The minimum atomic E-state index is -1.58. The topological polar surface area (TPSA) is 49.3 Å². The quantitative estimate of drug-likeness (QED) is 0.587. The van der Waals surface area contributed by atoms with Gasteiger partial charge in [-0.25, -0.2) is 0 Å². The van der Waals surface area contributed by atoms with E-state index in [9.17, 15) is 9.90 Å². The summed E-state index contributed by atoms with van der Waals surface area (Å²) in [5.74, 6) is -0.338. The van der Waals surface area contributed by atoms with Crippen molar-refractivity contribution in [1.29, 1.82) is 0 Å². The number of halogens is 3. The van der Waals surface area contributed by atoms with Gasteiger partial charge in [-0.1, -0.05) is 30.1 Å². The molecule has 0 aromatic carbocycles. The van der Waals surface area contributed by atoms with Crippen LogP contribution in [0, 0.1) is 0 Å². The van der Waals surface area contributed by atoms with Crippen molar-refractivity contribution in [3.63, 3.8) is 0 Å². The molecule has 0 radical (unpaired) electrons. The van der Waals surface area contributed by atoms with Gasteiger partial charge in [0.2, 0.25) is 5.91 Å². The van der Waals surface area contributed by atoms with Crippen LogP contribution in [0.2, 0.25) is 0 Å². The second-order valence-electron chi connectivity index (χ2n) is 2.61. The Balaban J connectivity index is 4.24. The predicted octanol–water partition coefficient (Wildman–Crippen LogP) is 1.63. The summed E-state index contributed by atoms with van der Waals surface area (Å²) in [5, 5.41) is 10.9. The minimum Gasteiger partial charge on any atom is -0.370 e. The van der Waals surface area contributed by atoms with E-state index < -0.39 is 15.9 Å². The number of hydrogen-bond acceptors (Lipinski definition) is 2. The Morgan fingerprint density at radius 2 is 2.08 bits per heavy atom. The maximum atomic E-state index is 10.9. The lowest BCUT2D eigenvalue weighted by Gasteiger charge is -2.28. The molecule has 2 atom stereocenters. The van der Waals surface area contributed by atoms with Crippen molar-refractivity contribution in [2.75, 3.05) is 0 Å². The highest BCUT2D eigenvalue weighted by Crippen LogP contribution is 2.31. The lowest BCUT2D eigenvalue weighted by molar-refractivity contribution is -0.123. The number of nitrogens with one attached hydrogen (secondary N) is 1. The first-order valence-corrected chi connectivity index (χ1v) is 5.00. The van der Waals surface area contributed by atoms with Gasteiger partial charge in [0.05, 0.1) is 5.38 Å². The van der Waals surface area contributed by atoms with Crippen LogP contribution < -0.4 is 5.32 Å². The molecule has 0 saturated carbocycles. The van der Waals surface area contributed by atoms with Crippen molar-refractivity contribution in [1.82, 2.24) is 5.32 Å². The van der Waals surface area contributed by atoms with Gasteiger partial charge < -0.3 is 10.4 Å². The molecule has 0 unspecified atom stereocenters. The highest BCUT2D eigenvalue weighted by atomic mass is 35.5. The molecule has 0 aromatic heterocycles. The molecule has 3 nitrogen and oxygen atoms in total. The van der Waals surface area contributed by atoms with Crippen LogP contribution in [0.25, 0.3) is 0 Å². The zero-order valence-electron chi connectivity index (χ0n) is 7.35. The molecule has 0 aromatic rings. The van der Waals surface area contributed by atoms with Gasteiger partial charge in [-0.05, 0) is 6.92 Å². The number of rotatable bonds is 4. The second kappa shape index (κ2) is 5.25. The Morgan fingerprint density at radius 3 is 2.38 bits per heavy atom. The fourth-order valence-corrected chi connectivity index (χ4v) is 0.797.